The summed E-state index contributed by atoms with van der Waals surface area (Å²) >= 11 is 0. The number of piperidine rings is 4. The van der Waals surface area contributed by atoms with Crippen LogP contribution in [0, 0.1) is 0 Å². The molecule has 4 fully saturated rings. The number of nitrogens with zero attached hydrogens (tertiary/aromatic N) is 2. The lowest BCUT2D eigenvalue weighted by Crippen LogP contribution is -2.57. The second-order valence-electron chi connectivity index (χ2n) is 9.90. The summed E-state index contributed by atoms with van der Waals surface area (Å²) in [7, 11) is 0. The minimum absolute atomic E-state index is 0.516. The molecule has 0 aromatic rings. The fourth-order valence-electron chi connectivity index (χ4n) is 6.72. The van der Waals surface area contributed by atoms with Crippen LogP contribution in [-0.4, -0.2) is 73.2 Å². The van der Waals surface area contributed by atoms with Crippen molar-refractivity contribution in [3.05, 3.63) is 0 Å². The molecule has 0 spiro atoms. The van der Waals surface area contributed by atoms with Crippen molar-refractivity contribution in [2.45, 2.75) is 94.5 Å². The number of hydrogen-bond donors (Lipinski definition) is 2. The first kappa shape index (κ1) is 20.1. The van der Waals surface area contributed by atoms with Gasteiger partial charge >= 0.3 is 0 Å². The zero-order chi connectivity index (χ0) is 18.4. The lowest BCUT2D eigenvalue weighted by atomic mass is 9.76. The Bertz CT molecular complexity index is 388. The van der Waals surface area contributed by atoms with Gasteiger partial charge in [-0.15, -0.1) is 0 Å². The van der Waals surface area contributed by atoms with Crippen molar-refractivity contribution in [2.24, 2.45) is 0 Å². The van der Waals surface area contributed by atoms with Gasteiger partial charge in [0.1, 0.15) is 0 Å². The molecule has 27 heavy (non-hydrogen) atoms. The molecular weight excluding hydrogens is 332 g/mol. The van der Waals surface area contributed by atoms with Gasteiger partial charge in [0.15, 0.2) is 0 Å². The van der Waals surface area contributed by atoms with Gasteiger partial charge in [0.2, 0.25) is 0 Å². The summed E-state index contributed by atoms with van der Waals surface area (Å²) in [6, 6.07) is 0. The van der Waals surface area contributed by atoms with E-state index in [9.17, 15) is 0 Å². The summed E-state index contributed by atoms with van der Waals surface area (Å²) in [4.78, 5) is 5.85. The van der Waals surface area contributed by atoms with Crippen LogP contribution in [0.3, 0.4) is 0 Å². The highest BCUT2D eigenvalue weighted by molar-refractivity contribution is 4.99. The summed E-state index contributed by atoms with van der Waals surface area (Å²) in [6.07, 6.45) is 18.5. The predicted molar refractivity (Wildman–Crippen MR) is 114 cm³/mol. The topological polar surface area (TPSA) is 30.5 Å². The van der Waals surface area contributed by atoms with E-state index < -0.39 is 0 Å². The Morgan fingerprint density at radius 3 is 1.26 bits per heavy atom. The minimum Gasteiger partial charge on any atom is -0.317 e. The van der Waals surface area contributed by atoms with E-state index >= 15 is 0 Å². The molecule has 0 radical (unpaired) electrons. The molecule has 0 saturated carbocycles. The molecule has 4 rings (SSSR count). The molecule has 0 amide bonds. The van der Waals surface area contributed by atoms with E-state index in [2.05, 4.69) is 20.4 Å². The highest BCUT2D eigenvalue weighted by Crippen LogP contribution is 2.38. The molecule has 4 heterocycles. The molecule has 4 heteroatoms. The van der Waals surface area contributed by atoms with Gasteiger partial charge in [-0.05, 0) is 123 Å². The predicted octanol–water partition coefficient (Wildman–Crippen LogP) is 3.37. The van der Waals surface area contributed by atoms with Crippen LogP contribution < -0.4 is 10.6 Å². The van der Waals surface area contributed by atoms with Crippen LogP contribution in [0.5, 0.6) is 0 Å². The zero-order valence-electron chi connectivity index (χ0n) is 17.7. The van der Waals surface area contributed by atoms with Crippen LogP contribution in [-0.2, 0) is 0 Å². The van der Waals surface area contributed by atoms with Crippen LogP contribution in [0.15, 0.2) is 0 Å². The Balaban J connectivity index is 1.39. The summed E-state index contributed by atoms with van der Waals surface area (Å²) in [5.41, 5.74) is 1.03. The summed E-state index contributed by atoms with van der Waals surface area (Å²) in [5.74, 6) is 0. The molecule has 4 aliphatic heterocycles. The van der Waals surface area contributed by atoms with Crippen molar-refractivity contribution < 1.29 is 0 Å². The van der Waals surface area contributed by atoms with Crippen LogP contribution in [0.1, 0.15) is 83.5 Å². The van der Waals surface area contributed by atoms with E-state index in [4.69, 9.17) is 0 Å². The summed E-state index contributed by atoms with van der Waals surface area (Å²) in [6.45, 7) is 10.4. The third-order valence-corrected chi connectivity index (χ3v) is 8.41. The Hall–Kier alpha value is -0.160. The van der Waals surface area contributed by atoms with Crippen LogP contribution in [0.4, 0.5) is 0 Å². The van der Waals surface area contributed by atoms with Crippen molar-refractivity contribution in [3.8, 4) is 0 Å². The van der Waals surface area contributed by atoms with Gasteiger partial charge < -0.3 is 10.6 Å². The second kappa shape index (κ2) is 9.56. The maximum atomic E-state index is 3.63. The van der Waals surface area contributed by atoms with Crippen molar-refractivity contribution >= 4 is 0 Å². The number of hydrogen-bond acceptors (Lipinski definition) is 4. The molecule has 0 aromatic carbocycles. The second-order valence-corrected chi connectivity index (χ2v) is 9.90. The average Bonchev–Trinajstić information content (AvgIpc) is 2.76. The molecule has 4 nitrogen and oxygen atoms in total. The first-order chi connectivity index (χ1) is 13.3. The number of nitrogens with one attached hydrogen (secondary N) is 2. The lowest BCUT2D eigenvalue weighted by Gasteiger charge is -2.51. The smallest absolute Gasteiger partial charge is 0.0233 e. The first-order valence-electron chi connectivity index (χ1n) is 12.2. The van der Waals surface area contributed by atoms with E-state index in [1.807, 2.05) is 0 Å². The standard InChI is InChI=1S/C23H44N4/c1-3-18-26(19-4-1)22(10-14-24-15-11-22)8-7-9-23(12-16-25-17-13-23)27-20-5-2-6-21-27/h24-25H,1-21H2. The lowest BCUT2D eigenvalue weighted by molar-refractivity contribution is 0.00878. The van der Waals surface area contributed by atoms with Crippen molar-refractivity contribution in [1.29, 1.82) is 0 Å². The van der Waals surface area contributed by atoms with Gasteiger partial charge in [-0.25, -0.2) is 0 Å². The highest BCUT2D eigenvalue weighted by atomic mass is 15.2. The first-order valence-corrected chi connectivity index (χ1v) is 12.2. The van der Waals surface area contributed by atoms with Gasteiger partial charge in [0.05, 0.1) is 0 Å². The maximum Gasteiger partial charge on any atom is 0.0233 e. The Labute approximate surface area is 167 Å². The van der Waals surface area contributed by atoms with Crippen molar-refractivity contribution in [3.63, 3.8) is 0 Å². The molecule has 0 atom stereocenters. The molecule has 0 bridgehead atoms. The van der Waals surface area contributed by atoms with Gasteiger partial charge in [-0.3, -0.25) is 9.80 Å². The Morgan fingerprint density at radius 1 is 0.519 bits per heavy atom. The van der Waals surface area contributed by atoms with Crippen molar-refractivity contribution in [2.75, 3.05) is 52.4 Å². The van der Waals surface area contributed by atoms with Gasteiger partial charge in [-0.2, -0.15) is 0 Å². The monoisotopic (exact) mass is 376 g/mol. The van der Waals surface area contributed by atoms with Gasteiger partial charge in [0.25, 0.3) is 0 Å². The largest absolute Gasteiger partial charge is 0.317 e. The summed E-state index contributed by atoms with van der Waals surface area (Å²) in [5, 5.41) is 7.27. The number of likely N-dealkylation sites (tertiary alicyclic amines) is 2. The maximum absolute atomic E-state index is 3.63. The Morgan fingerprint density at radius 2 is 0.889 bits per heavy atom. The summed E-state index contributed by atoms with van der Waals surface area (Å²) < 4.78 is 0. The molecule has 0 aromatic heterocycles. The molecule has 4 saturated heterocycles. The third kappa shape index (κ3) is 4.71. The normalized spacial score (nSPS) is 30.2. The fraction of sp³-hybridized carbons (Fsp3) is 1.00. The van der Waals surface area contributed by atoms with E-state index in [1.54, 1.807) is 0 Å². The van der Waals surface area contributed by atoms with Crippen LogP contribution >= 0.6 is 0 Å². The van der Waals surface area contributed by atoms with Crippen LogP contribution in [0.2, 0.25) is 0 Å². The molecule has 4 aliphatic rings. The molecule has 2 N–H and O–H groups in total. The van der Waals surface area contributed by atoms with E-state index in [0.29, 0.717) is 11.1 Å². The quantitative estimate of drug-likeness (QED) is 0.744. The molecule has 0 unspecified atom stereocenters. The van der Waals surface area contributed by atoms with Gasteiger partial charge in [0, 0.05) is 11.1 Å². The van der Waals surface area contributed by atoms with Crippen molar-refractivity contribution in [1.82, 2.24) is 20.4 Å². The Kier molecular flexibility index (Phi) is 7.13. The average molecular weight is 377 g/mol. The number of rotatable bonds is 6. The molecule has 0 aliphatic carbocycles. The molecular formula is C23H44N4. The molecule has 156 valence electrons. The van der Waals surface area contributed by atoms with Gasteiger partial charge in [-0.1, -0.05) is 12.8 Å². The third-order valence-electron chi connectivity index (χ3n) is 8.41. The van der Waals surface area contributed by atoms with E-state index in [-0.39, 0.29) is 0 Å². The fourth-order valence-corrected chi connectivity index (χ4v) is 6.72. The van der Waals surface area contributed by atoms with Crippen LogP contribution in [0.25, 0.3) is 0 Å². The van der Waals surface area contributed by atoms with E-state index in [1.165, 1.54) is 136 Å². The van der Waals surface area contributed by atoms with E-state index in [0.717, 1.165) is 0 Å². The zero-order valence-corrected chi connectivity index (χ0v) is 17.7. The minimum atomic E-state index is 0.516. The SMILES string of the molecule is C1CCN(C2(CCCC3(N4CCCCC4)CCNCC3)CCNCC2)CC1. The highest BCUT2D eigenvalue weighted by Gasteiger charge is 2.41.